The van der Waals surface area contributed by atoms with E-state index in [0.29, 0.717) is 12.6 Å². The number of rotatable bonds is 8. The van der Waals surface area contributed by atoms with E-state index >= 15 is 0 Å². The van der Waals surface area contributed by atoms with E-state index in [9.17, 15) is 0 Å². The Balaban J connectivity index is 2.39. The Bertz CT molecular complexity index is 336. The molecule has 8 heteroatoms. The van der Waals surface area contributed by atoms with Crippen LogP contribution in [-0.4, -0.2) is 41.5 Å². The second kappa shape index (κ2) is 7.62. The van der Waals surface area contributed by atoms with Crippen LogP contribution in [0, 0.1) is 0 Å². The fraction of sp³-hybridized carbons (Fsp3) is 0.700. The van der Waals surface area contributed by atoms with Crippen molar-refractivity contribution >= 4 is 17.8 Å². The maximum atomic E-state index is 5.59. The summed E-state index contributed by atoms with van der Waals surface area (Å²) in [5.41, 5.74) is 10.9. The quantitative estimate of drug-likeness (QED) is 0.565. The molecule has 1 heterocycles. The van der Waals surface area contributed by atoms with Gasteiger partial charge in [0.15, 0.2) is 0 Å². The predicted molar refractivity (Wildman–Crippen MR) is 68.8 cm³/mol. The molecule has 8 nitrogen and oxygen atoms in total. The number of aromatic nitrogens is 3. The Morgan fingerprint density at radius 1 is 1.22 bits per heavy atom. The van der Waals surface area contributed by atoms with Crippen molar-refractivity contribution in [1.29, 1.82) is 0 Å². The van der Waals surface area contributed by atoms with Gasteiger partial charge in [0, 0.05) is 7.11 Å². The summed E-state index contributed by atoms with van der Waals surface area (Å²) in [7, 11) is 1.65. The lowest BCUT2D eigenvalue weighted by molar-refractivity contribution is 0.00148. The van der Waals surface area contributed by atoms with Crippen molar-refractivity contribution in [2.75, 3.05) is 37.2 Å². The first-order chi connectivity index (χ1) is 8.65. The number of nitrogen functional groups attached to an aromatic ring is 2. The SMILES string of the molecule is CCCC(COC)OCNc1nc(N)nc(N)n1. The maximum absolute atomic E-state index is 5.59. The fourth-order valence-electron chi connectivity index (χ4n) is 1.44. The molecule has 18 heavy (non-hydrogen) atoms. The van der Waals surface area contributed by atoms with E-state index in [-0.39, 0.29) is 24.7 Å². The minimum atomic E-state index is 0.0454. The van der Waals surface area contributed by atoms with Crippen LogP contribution >= 0.6 is 0 Å². The Morgan fingerprint density at radius 3 is 2.44 bits per heavy atom. The normalized spacial score (nSPS) is 12.3. The highest BCUT2D eigenvalue weighted by molar-refractivity contribution is 5.36. The Labute approximate surface area is 106 Å². The Hall–Kier alpha value is -1.67. The first kappa shape index (κ1) is 14.4. The Kier molecular flexibility index (Phi) is 6.09. The molecular formula is C10H20N6O2. The molecule has 1 rings (SSSR count). The minimum Gasteiger partial charge on any atom is -0.382 e. The maximum Gasteiger partial charge on any atom is 0.231 e. The highest BCUT2D eigenvalue weighted by atomic mass is 16.5. The molecule has 0 spiro atoms. The molecule has 0 bridgehead atoms. The van der Waals surface area contributed by atoms with Crippen molar-refractivity contribution in [3.05, 3.63) is 0 Å². The standard InChI is InChI=1S/C10H20N6O2/c1-3-4-7(5-17-2)18-6-13-10-15-8(11)14-9(12)16-10/h7H,3-6H2,1-2H3,(H5,11,12,13,14,15,16). The van der Waals surface area contributed by atoms with Gasteiger partial charge >= 0.3 is 0 Å². The van der Waals surface area contributed by atoms with Gasteiger partial charge in [-0.1, -0.05) is 13.3 Å². The van der Waals surface area contributed by atoms with Gasteiger partial charge in [0.1, 0.15) is 6.73 Å². The van der Waals surface area contributed by atoms with Crippen molar-refractivity contribution in [3.63, 3.8) is 0 Å². The predicted octanol–water partition coefficient (Wildman–Crippen LogP) is 0.237. The second-order valence-electron chi connectivity index (χ2n) is 3.73. The largest absolute Gasteiger partial charge is 0.382 e. The second-order valence-corrected chi connectivity index (χ2v) is 3.73. The van der Waals surface area contributed by atoms with Gasteiger partial charge in [-0.3, -0.25) is 0 Å². The molecule has 0 saturated carbocycles. The number of nitrogens with one attached hydrogen (secondary N) is 1. The summed E-state index contributed by atoms with van der Waals surface area (Å²) in [6.07, 6.45) is 2.00. The summed E-state index contributed by atoms with van der Waals surface area (Å²) in [4.78, 5) is 11.4. The number of hydrogen-bond acceptors (Lipinski definition) is 8. The van der Waals surface area contributed by atoms with Gasteiger partial charge in [-0.25, -0.2) is 0 Å². The summed E-state index contributed by atoms with van der Waals surface area (Å²) >= 11 is 0. The highest BCUT2D eigenvalue weighted by Crippen LogP contribution is 2.05. The molecule has 0 saturated heterocycles. The number of anilines is 3. The third-order valence-corrected chi connectivity index (χ3v) is 2.18. The third-order valence-electron chi connectivity index (χ3n) is 2.18. The molecule has 0 aliphatic carbocycles. The van der Waals surface area contributed by atoms with Crippen LogP contribution in [0.4, 0.5) is 17.8 Å². The number of nitrogens with zero attached hydrogens (tertiary/aromatic N) is 3. The number of ether oxygens (including phenoxy) is 2. The van der Waals surface area contributed by atoms with E-state index in [2.05, 4.69) is 27.2 Å². The zero-order valence-corrected chi connectivity index (χ0v) is 10.7. The van der Waals surface area contributed by atoms with E-state index in [0.717, 1.165) is 12.8 Å². The molecule has 0 aliphatic rings. The molecule has 1 unspecified atom stereocenters. The van der Waals surface area contributed by atoms with Gasteiger partial charge in [0.05, 0.1) is 12.7 Å². The molecule has 5 N–H and O–H groups in total. The van der Waals surface area contributed by atoms with Crippen molar-refractivity contribution < 1.29 is 9.47 Å². The third kappa shape index (κ3) is 5.11. The zero-order chi connectivity index (χ0) is 13.4. The van der Waals surface area contributed by atoms with Crippen molar-refractivity contribution in [2.45, 2.75) is 25.9 Å². The lowest BCUT2D eigenvalue weighted by atomic mass is 10.2. The van der Waals surface area contributed by atoms with Gasteiger partial charge in [-0.15, -0.1) is 0 Å². The highest BCUT2D eigenvalue weighted by Gasteiger charge is 2.08. The average Bonchev–Trinajstić information content (AvgIpc) is 2.28. The van der Waals surface area contributed by atoms with Crippen molar-refractivity contribution in [2.24, 2.45) is 0 Å². The lowest BCUT2D eigenvalue weighted by Gasteiger charge is -2.16. The first-order valence-corrected chi connectivity index (χ1v) is 5.77. The molecular weight excluding hydrogens is 236 g/mol. The number of nitrogens with two attached hydrogens (primary N) is 2. The van der Waals surface area contributed by atoms with Gasteiger partial charge in [-0.2, -0.15) is 15.0 Å². The number of methoxy groups -OCH3 is 1. The van der Waals surface area contributed by atoms with E-state index in [1.54, 1.807) is 7.11 Å². The molecule has 102 valence electrons. The summed E-state index contributed by atoms with van der Waals surface area (Å²) in [6.45, 7) is 2.90. The minimum absolute atomic E-state index is 0.0454. The zero-order valence-electron chi connectivity index (χ0n) is 10.7. The summed E-state index contributed by atoms with van der Waals surface area (Å²) < 4.78 is 10.7. The average molecular weight is 256 g/mol. The van der Waals surface area contributed by atoms with Crippen LogP contribution in [0.2, 0.25) is 0 Å². The molecule has 0 aliphatic heterocycles. The summed E-state index contributed by atoms with van der Waals surface area (Å²) in [5.74, 6) is 0.451. The molecule has 1 atom stereocenters. The van der Waals surface area contributed by atoms with Gasteiger partial charge < -0.3 is 26.3 Å². The molecule has 0 radical (unpaired) electrons. The molecule has 0 amide bonds. The topological polar surface area (TPSA) is 121 Å². The number of hydrogen-bond donors (Lipinski definition) is 3. The summed E-state index contributed by atoms with van der Waals surface area (Å²) in [6, 6.07) is 0. The van der Waals surface area contributed by atoms with Crippen LogP contribution in [0.5, 0.6) is 0 Å². The van der Waals surface area contributed by atoms with Gasteiger partial charge in [0.25, 0.3) is 0 Å². The van der Waals surface area contributed by atoms with Crippen LogP contribution in [0.3, 0.4) is 0 Å². The smallest absolute Gasteiger partial charge is 0.231 e. The first-order valence-electron chi connectivity index (χ1n) is 5.77. The summed E-state index contributed by atoms with van der Waals surface area (Å²) in [5, 5.41) is 2.87. The molecule has 1 aromatic rings. The molecule has 0 fully saturated rings. The lowest BCUT2D eigenvalue weighted by Crippen LogP contribution is -2.23. The van der Waals surface area contributed by atoms with E-state index in [1.807, 2.05) is 0 Å². The van der Waals surface area contributed by atoms with Crippen LogP contribution in [-0.2, 0) is 9.47 Å². The molecule has 1 aromatic heterocycles. The van der Waals surface area contributed by atoms with Crippen molar-refractivity contribution in [1.82, 2.24) is 15.0 Å². The van der Waals surface area contributed by atoms with E-state index in [1.165, 1.54) is 0 Å². The molecule has 0 aromatic carbocycles. The van der Waals surface area contributed by atoms with Gasteiger partial charge in [-0.05, 0) is 6.42 Å². The van der Waals surface area contributed by atoms with Crippen LogP contribution in [0.15, 0.2) is 0 Å². The Morgan fingerprint density at radius 2 is 1.89 bits per heavy atom. The van der Waals surface area contributed by atoms with Crippen LogP contribution in [0.1, 0.15) is 19.8 Å². The van der Waals surface area contributed by atoms with Crippen molar-refractivity contribution in [3.8, 4) is 0 Å². The van der Waals surface area contributed by atoms with E-state index in [4.69, 9.17) is 20.9 Å². The van der Waals surface area contributed by atoms with Crippen LogP contribution < -0.4 is 16.8 Å². The van der Waals surface area contributed by atoms with E-state index < -0.39 is 0 Å². The fourth-order valence-corrected chi connectivity index (χ4v) is 1.44. The monoisotopic (exact) mass is 256 g/mol. The van der Waals surface area contributed by atoms with Gasteiger partial charge in [0.2, 0.25) is 17.8 Å². The van der Waals surface area contributed by atoms with Crippen LogP contribution in [0.25, 0.3) is 0 Å².